The van der Waals surface area contributed by atoms with Gasteiger partial charge in [0.05, 0.1) is 5.02 Å². The van der Waals surface area contributed by atoms with Crippen LogP contribution in [0.2, 0.25) is 5.02 Å². The van der Waals surface area contributed by atoms with Gasteiger partial charge < -0.3 is 10.6 Å². The highest BCUT2D eigenvalue weighted by atomic mass is 35.5. The molecule has 1 saturated heterocycles. The number of halogens is 1. The van der Waals surface area contributed by atoms with Crippen molar-refractivity contribution in [1.29, 1.82) is 0 Å². The normalized spacial score (nSPS) is 19.6. The molecule has 0 spiro atoms. The van der Waals surface area contributed by atoms with Gasteiger partial charge in [-0.25, -0.2) is 4.98 Å². The van der Waals surface area contributed by atoms with Crippen molar-refractivity contribution in [3.8, 4) is 0 Å². The molecule has 0 bridgehead atoms. The highest BCUT2D eigenvalue weighted by Crippen LogP contribution is 2.22. The Morgan fingerprint density at radius 3 is 3.19 bits per heavy atom. The number of carbonyl (C=O) groups is 1. The summed E-state index contributed by atoms with van der Waals surface area (Å²) in [7, 11) is 0. The molecule has 0 radical (unpaired) electrons. The maximum atomic E-state index is 11.0. The van der Waals surface area contributed by atoms with Crippen LogP contribution in [-0.2, 0) is 4.79 Å². The molecule has 0 saturated carbocycles. The van der Waals surface area contributed by atoms with Gasteiger partial charge in [-0.05, 0) is 25.0 Å². The minimum atomic E-state index is 0.120. The van der Waals surface area contributed by atoms with Crippen LogP contribution >= 0.6 is 11.6 Å². The lowest BCUT2D eigenvalue weighted by molar-refractivity contribution is -0.119. The average Bonchev–Trinajstić information content (AvgIpc) is 2.67. The Hall–Kier alpha value is -1.29. The van der Waals surface area contributed by atoms with Crippen LogP contribution in [-0.4, -0.2) is 23.5 Å². The molecule has 1 atom stereocenters. The molecule has 1 aromatic heterocycles. The van der Waals surface area contributed by atoms with Gasteiger partial charge in [-0.15, -0.1) is 0 Å². The summed E-state index contributed by atoms with van der Waals surface area (Å²) >= 11 is 6.10. The van der Waals surface area contributed by atoms with Gasteiger partial charge in [-0.3, -0.25) is 4.79 Å². The number of rotatable bonds is 3. The summed E-state index contributed by atoms with van der Waals surface area (Å²) in [5.74, 6) is 0.804. The van der Waals surface area contributed by atoms with E-state index in [4.69, 9.17) is 11.6 Å². The molecule has 5 heteroatoms. The van der Waals surface area contributed by atoms with Crippen LogP contribution in [0.4, 0.5) is 5.82 Å². The summed E-state index contributed by atoms with van der Waals surface area (Å²) in [6.07, 6.45) is 3.20. The molecule has 2 N–H and O–H groups in total. The zero-order chi connectivity index (χ0) is 11.5. The topological polar surface area (TPSA) is 54.0 Å². The number of nitrogens with zero attached hydrogens (tertiary/aromatic N) is 1. The van der Waals surface area contributed by atoms with Crippen LogP contribution in [0, 0.1) is 6.92 Å². The highest BCUT2D eigenvalue weighted by Gasteiger charge is 2.20. The van der Waals surface area contributed by atoms with Crippen molar-refractivity contribution in [3.05, 3.63) is 22.8 Å². The number of carbonyl (C=O) groups excluding carboxylic acids is 1. The molecule has 1 fully saturated rings. The quantitative estimate of drug-likeness (QED) is 0.845. The number of pyridine rings is 1. The molecule has 4 nitrogen and oxygen atoms in total. The standard InChI is InChI=1S/C11H14ClN3O/c1-7-4-5-13-11(10(7)12)14-6-8-2-3-9(16)15-8/h4-5,8H,2-3,6H2,1H3,(H,13,14)(H,15,16)/t8-/m1/s1. The minimum absolute atomic E-state index is 0.120. The van der Waals surface area contributed by atoms with Gasteiger partial charge in [0.1, 0.15) is 5.82 Å². The van der Waals surface area contributed by atoms with E-state index >= 15 is 0 Å². The third kappa shape index (κ3) is 2.44. The summed E-state index contributed by atoms with van der Waals surface area (Å²) in [6, 6.07) is 2.05. The van der Waals surface area contributed by atoms with Crippen LogP contribution in [0.25, 0.3) is 0 Å². The number of aromatic nitrogens is 1. The van der Waals surface area contributed by atoms with Crippen LogP contribution in [0.5, 0.6) is 0 Å². The molecule has 1 aliphatic heterocycles. The summed E-state index contributed by atoms with van der Waals surface area (Å²) < 4.78 is 0. The minimum Gasteiger partial charge on any atom is -0.367 e. The van der Waals surface area contributed by atoms with Gasteiger partial charge in [-0.1, -0.05) is 11.6 Å². The van der Waals surface area contributed by atoms with Crippen LogP contribution < -0.4 is 10.6 Å². The SMILES string of the molecule is Cc1ccnc(NC[C@H]2CCC(=O)N2)c1Cl. The van der Waals surface area contributed by atoms with Crippen molar-refractivity contribution in [2.75, 3.05) is 11.9 Å². The summed E-state index contributed by atoms with van der Waals surface area (Å²) in [6.45, 7) is 2.61. The van der Waals surface area contributed by atoms with Crippen molar-refractivity contribution in [2.45, 2.75) is 25.8 Å². The van der Waals surface area contributed by atoms with E-state index in [1.807, 2.05) is 13.0 Å². The van der Waals surface area contributed by atoms with Crippen molar-refractivity contribution in [3.63, 3.8) is 0 Å². The van der Waals surface area contributed by atoms with E-state index in [1.165, 1.54) is 0 Å². The van der Waals surface area contributed by atoms with E-state index in [2.05, 4.69) is 15.6 Å². The summed E-state index contributed by atoms with van der Waals surface area (Å²) in [4.78, 5) is 15.2. The van der Waals surface area contributed by atoms with Gasteiger partial charge in [0.2, 0.25) is 5.91 Å². The fourth-order valence-electron chi connectivity index (χ4n) is 1.71. The zero-order valence-electron chi connectivity index (χ0n) is 9.09. The van der Waals surface area contributed by atoms with E-state index in [1.54, 1.807) is 6.20 Å². The number of anilines is 1. The molecular weight excluding hydrogens is 226 g/mol. The number of hydrogen-bond acceptors (Lipinski definition) is 3. The molecule has 2 rings (SSSR count). The lowest BCUT2D eigenvalue weighted by Gasteiger charge is -2.13. The molecule has 0 aromatic carbocycles. The second-order valence-electron chi connectivity index (χ2n) is 3.97. The predicted molar refractivity (Wildman–Crippen MR) is 63.6 cm³/mol. The Bertz CT molecular complexity index is 408. The highest BCUT2D eigenvalue weighted by molar-refractivity contribution is 6.33. The molecular formula is C11H14ClN3O. The van der Waals surface area contributed by atoms with Crippen molar-refractivity contribution in [1.82, 2.24) is 10.3 Å². The van der Waals surface area contributed by atoms with E-state index in [0.29, 0.717) is 23.8 Å². The Balaban J connectivity index is 1.94. The first kappa shape index (κ1) is 11.2. The first-order valence-corrected chi connectivity index (χ1v) is 5.69. The second kappa shape index (κ2) is 4.70. The zero-order valence-corrected chi connectivity index (χ0v) is 9.84. The van der Waals surface area contributed by atoms with Gasteiger partial charge in [0.15, 0.2) is 0 Å². The van der Waals surface area contributed by atoms with Crippen molar-refractivity contribution < 1.29 is 4.79 Å². The first-order chi connectivity index (χ1) is 7.66. The van der Waals surface area contributed by atoms with Gasteiger partial charge in [0, 0.05) is 25.2 Å². The molecule has 1 amide bonds. The summed E-state index contributed by atoms with van der Waals surface area (Å²) in [5, 5.41) is 6.69. The third-order valence-electron chi connectivity index (χ3n) is 2.68. The fraction of sp³-hybridized carbons (Fsp3) is 0.455. The van der Waals surface area contributed by atoms with Crippen molar-refractivity contribution >= 4 is 23.3 Å². The third-order valence-corrected chi connectivity index (χ3v) is 3.16. The Morgan fingerprint density at radius 1 is 1.69 bits per heavy atom. The Kier molecular flexibility index (Phi) is 3.29. The molecule has 16 heavy (non-hydrogen) atoms. The molecule has 1 aliphatic rings. The van der Waals surface area contributed by atoms with E-state index in [9.17, 15) is 4.79 Å². The first-order valence-electron chi connectivity index (χ1n) is 5.31. The van der Waals surface area contributed by atoms with Crippen LogP contribution in [0.3, 0.4) is 0 Å². The maximum absolute atomic E-state index is 11.0. The Labute approximate surface area is 99.4 Å². The lowest BCUT2D eigenvalue weighted by Crippen LogP contribution is -2.32. The molecule has 0 unspecified atom stereocenters. The van der Waals surface area contributed by atoms with E-state index in [-0.39, 0.29) is 11.9 Å². The van der Waals surface area contributed by atoms with Crippen molar-refractivity contribution in [2.24, 2.45) is 0 Å². The monoisotopic (exact) mass is 239 g/mol. The van der Waals surface area contributed by atoms with Crippen LogP contribution in [0.15, 0.2) is 12.3 Å². The van der Waals surface area contributed by atoms with E-state index in [0.717, 1.165) is 12.0 Å². The molecule has 1 aromatic rings. The molecule has 0 aliphatic carbocycles. The lowest BCUT2D eigenvalue weighted by atomic mass is 10.2. The maximum Gasteiger partial charge on any atom is 0.220 e. The van der Waals surface area contributed by atoms with Gasteiger partial charge in [0.25, 0.3) is 0 Å². The molecule has 2 heterocycles. The Morgan fingerprint density at radius 2 is 2.50 bits per heavy atom. The number of amides is 1. The number of hydrogen-bond donors (Lipinski definition) is 2. The second-order valence-corrected chi connectivity index (χ2v) is 4.35. The van der Waals surface area contributed by atoms with Crippen LogP contribution in [0.1, 0.15) is 18.4 Å². The fourth-order valence-corrected chi connectivity index (χ4v) is 1.89. The largest absolute Gasteiger partial charge is 0.367 e. The predicted octanol–water partition coefficient (Wildman–Crippen LogP) is 1.73. The van der Waals surface area contributed by atoms with E-state index < -0.39 is 0 Å². The summed E-state index contributed by atoms with van der Waals surface area (Å²) in [5.41, 5.74) is 0.995. The van der Waals surface area contributed by atoms with Gasteiger partial charge >= 0.3 is 0 Å². The average molecular weight is 240 g/mol. The number of aryl methyl sites for hydroxylation is 1. The van der Waals surface area contributed by atoms with Gasteiger partial charge in [-0.2, -0.15) is 0 Å². The molecule has 86 valence electrons. The smallest absolute Gasteiger partial charge is 0.220 e. The number of nitrogens with one attached hydrogen (secondary N) is 2.